The van der Waals surface area contributed by atoms with Crippen molar-refractivity contribution in [1.29, 1.82) is 0 Å². The molecule has 1 N–H and O–H groups in total. The molecule has 0 aliphatic rings. The van der Waals surface area contributed by atoms with Crippen molar-refractivity contribution in [2.45, 2.75) is 13.3 Å². The quantitative estimate of drug-likeness (QED) is 0.560. The zero-order valence-corrected chi connectivity index (χ0v) is 8.51. The van der Waals surface area contributed by atoms with E-state index in [0.717, 1.165) is 0 Å². The highest BCUT2D eigenvalue weighted by Crippen LogP contribution is 2.06. The maximum absolute atomic E-state index is 11.2. The van der Waals surface area contributed by atoms with Crippen LogP contribution < -0.4 is 9.47 Å². The lowest BCUT2D eigenvalue weighted by atomic mass is 10.1. The van der Waals surface area contributed by atoms with Crippen LogP contribution in [0.15, 0.2) is 12.4 Å². The molecule has 1 atom stereocenters. The van der Waals surface area contributed by atoms with Crippen molar-refractivity contribution in [3.63, 3.8) is 0 Å². The van der Waals surface area contributed by atoms with Gasteiger partial charge in [-0.1, -0.05) is 6.92 Å². The van der Waals surface area contributed by atoms with Gasteiger partial charge in [-0.3, -0.25) is 4.79 Å². The molecule has 0 amide bonds. The van der Waals surface area contributed by atoms with Gasteiger partial charge in [-0.25, -0.2) is 4.98 Å². The number of hydrogen-bond acceptors (Lipinski definition) is 4. The molecule has 0 bridgehead atoms. The van der Waals surface area contributed by atoms with Crippen LogP contribution in [0.25, 0.3) is 0 Å². The zero-order valence-electron chi connectivity index (χ0n) is 8.51. The highest BCUT2D eigenvalue weighted by Gasteiger charge is 2.15. The summed E-state index contributed by atoms with van der Waals surface area (Å²) in [5, 5.41) is 19.9. The van der Waals surface area contributed by atoms with Gasteiger partial charge in [-0.15, -0.1) is 4.73 Å². The van der Waals surface area contributed by atoms with Crippen LogP contribution in [0.5, 0.6) is 5.88 Å². The molecule has 0 saturated heterocycles. The average Bonchev–Trinajstić information content (AvgIpc) is 2.18. The summed E-state index contributed by atoms with van der Waals surface area (Å²) in [5.74, 6) is -1.39. The minimum absolute atomic E-state index is 0.0849. The molecule has 1 aromatic rings. The second kappa shape index (κ2) is 4.59. The van der Waals surface area contributed by atoms with Gasteiger partial charge in [0.2, 0.25) is 6.20 Å². The van der Waals surface area contributed by atoms with Crippen LogP contribution in [0.3, 0.4) is 0 Å². The summed E-state index contributed by atoms with van der Waals surface area (Å²) in [6, 6.07) is 0. The first-order chi connectivity index (χ1) is 7.04. The van der Waals surface area contributed by atoms with E-state index in [1.807, 2.05) is 0 Å². The summed E-state index contributed by atoms with van der Waals surface area (Å²) >= 11 is 0. The first-order valence-corrected chi connectivity index (χ1v) is 4.39. The normalized spacial score (nSPS) is 12.1. The molecule has 1 rings (SSSR count). The molecule has 6 nitrogen and oxygen atoms in total. The molecular weight excluding hydrogens is 200 g/mol. The number of ether oxygens (including phenoxy) is 1. The van der Waals surface area contributed by atoms with Gasteiger partial charge >= 0.3 is 11.8 Å². The fraction of sp³-hybridized carbons (Fsp3) is 0.444. The van der Waals surface area contributed by atoms with Crippen LogP contribution in [0.1, 0.15) is 12.6 Å². The SMILES string of the molecule is COc1cnc(CC(C)C(=O)O)c[n+]1[O-]. The largest absolute Gasteiger partial charge is 0.616 e. The third kappa shape index (κ3) is 2.80. The number of methoxy groups -OCH3 is 1. The number of aromatic nitrogens is 2. The van der Waals surface area contributed by atoms with E-state index < -0.39 is 11.9 Å². The molecule has 0 aliphatic carbocycles. The minimum Gasteiger partial charge on any atom is -0.616 e. The van der Waals surface area contributed by atoms with Gasteiger partial charge in [0.05, 0.1) is 13.0 Å². The highest BCUT2D eigenvalue weighted by molar-refractivity contribution is 5.69. The molecule has 0 radical (unpaired) electrons. The van der Waals surface area contributed by atoms with E-state index in [1.165, 1.54) is 19.5 Å². The number of aliphatic carboxylic acids is 1. The second-order valence-electron chi connectivity index (χ2n) is 3.19. The van der Waals surface area contributed by atoms with Gasteiger partial charge in [0.15, 0.2) is 0 Å². The number of carboxylic acid groups (broad SMARTS) is 1. The lowest BCUT2D eigenvalue weighted by Crippen LogP contribution is -2.29. The van der Waals surface area contributed by atoms with Crippen molar-refractivity contribution in [2.75, 3.05) is 7.11 Å². The third-order valence-corrected chi connectivity index (χ3v) is 1.97. The van der Waals surface area contributed by atoms with Crippen LogP contribution >= 0.6 is 0 Å². The van der Waals surface area contributed by atoms with E-state index in [9.17, 15) is 10.0 Å². The van der Waals surface area contributed by atoms with E-state index in [1.54, 1.807) is 6.92 Å². The Morgan fingerprint density at radius 2 is 2.47 bits per heavy atom. The summed E-state index contributed by atoms with van der Waals surface area (Å²) in [5.41, 5.74) is 0.431. The van der Waals surface area contributed by atoms with Crippen LogP contribution in [-0.2, 0) is 11.2 Å². The van der Waals surface area contributed by atoms with Crippen molar-refractivity contribution in [1.82, 2.24) is 4.98 Å². The van der Waals surface area contributed by atoms with Gasteiger partial charge in [-0.2, -0.15) is 0 Å². The molecule has 0 aliphatic heterocycles. The Bertz CT molecular complexity index is 367. The number of carbonyl (C=O) groups is 1. The zero-order chi connectivity index (χ0) is 11.4. The maximum atomic E-state index is 11.2. The summed E-state index contributed by atoms with van der Waals surface area (Å²) in [6.07, 6.45) is 2.72. The molecule has 0 saturated carbocycles. The Morgan fingerprint density at radius 3 is 2.93 bits per heavy atom. The highest BCUT2D eigenvalue weighted by atomic mass is 16.5. The van der Waals surface area contributed by atoms with E-state index >= 15 is 0 Å². The predicted molar refractivity (Wildman–Crippen MR) is 50.3 cm³/mol. The molecule has 0 spiro atoms. The summed E-state index contributed by atoms with van der Waals surface area (Å²) in [6.45, 7) is 1.56. The molecule has 0 fully saturated rings. The van der Waals surface area contributed by atoms with E-state index in [-0.39, 0.29) is 12.3 Å². The van der Waals surface area contributed by atoms with Crippen molar-refractivity contribution >= 4 is 5.97 Å². The maximum Gasteiger partial charge on any atom is 0.398 e. The standard InChI is InChI=1S/C9H12N2O4/c1-6(9(12)13)3-7-5-11(14)8(15-2)4-10-7/h4-6H,3H2,1-2H3,(H,12,13). The first-order valence-electron chi connectivity index (χ1n) is 4.39. The molecule has 82 valence electrons. The molecule has 1 aromatic heterocycles. The molecule has 1 heterocycles. The van der Waals surface area contributed by atoms with Gasteiger partial charge in [0.25, 0.3) is 0 Å². The van der Waals surface area contributed by atoms with Crippen molar-refractivity contribution in [3.8, 4) is 5.88 Å². The Hall–Kier alpha value is -1.85. The van der Waals surface area contributed by atoms with Crippen molar-refractivity contribution < 1.29 is 19.4 Å². The Morgan fingerprint density at radius 1 is 1.80 bits per heavy atom. The summed E-state index contributed by atoms with van der Waals surface area (Å²) in [7, 11) is 1.37. The molecule has 1 unspecified atom stereocenters. The number of rotatable bonds is 4. The Labute approximate surface area is 86.7 Å². The van der Waals surface area contributed by atoms with Gasteiger partial charge < -0.3 is 15.1 Å². The predicted octanol–water partition coefficient (Wildman–Crippen LogP) is -0.0132. The van der Waals surface area contributed by atoms with E-state index in [4.69, 9.17) is 9.84 Å². The number of nitrogens with zero attached hydrogens (tertiary/aromatic N) is 2. The number of carboxylic acids is 1. The second-order valence-corrected chi connectivity index (χ2v) is 3.19. The van der Waals surface area contributed by atoms with Crippen molar-refractivity contribution in [2.24, 2.45) is 5.92 Å². The summed E-state index contributed by atoms with van der Waals surface area (Å²) in [4.78, 5) is 14.5. The smallest absolute Gasteiger partial charge is 0.398 e. The summed E-state index contributed by atoms with van der Waals surface area (Å²) < 4.78 is 5.25. The lowest BCUT2D eigenvalue weighted by molar-refractivity contribution is -0.613. The average molecular weight is 212 g/mol. The van der Waals surface area contributed by atoms with Gasteiger partial charge in [0.1, 0.15) is 11.9 Å². The minimum atomic E-state index is -0.912. The van der Waals surface area contributed by atoms with Crippen LogP contribution in [0, 0.1) is 11.1 Å². The Balaban J connectivity index is 2.79. The monoisotopic (exact) mass is 212 g/mol. The van der Waals surface area contributed by atoms with E-state index in [2.05, 4.69) is 4.98 Å². The van der Waals surface area contributed by atoms with Crippen LogP contribution in [-0.4, -0.2) is 23.2 Å². The lowest BCUT2D eigenvalue weighted by Gasteiger charge is -2.06. The van der Waals surface area contributed by atoms with E-state index in [0.29, 0.717) is 10.4 Å². The fourth-order valence-electron chi connectivity index (χ4n) is 1.08. The molecule has 0 aromatic carbocycles. The van der Waals surface area contributed by atoms with Gasteiger partial charge in [0, 0.05) is 6.42 Å². The molecule has 6 heteroatoms. The van der Waals surface area contributed by atoms with Crippen molar-refractivity contribution in [3.05, 3.63) is 23.3 Å². The topological polar surface area (TPSA) is 86.4 Å². The molecular formula is C9H12N2O4. The van der Waals surface area contributed by atoms with Crippen LogP contribution in [0.2, 0.25) is 0 Å². The fourth-order valence-corrected chi connectivity index (χ4v) is 1.08. The molecule has 15 heavy (non-hydrogen) atoms. The first kappa shape index (κ1) is 11.2. The Kier molecular flexibility index (Phi) is 3.43. The van der Waals surface area contributed by atoms with Gasteiger partial charge in [-0.05, 0) is 0 Å². The third-order valence-electron chi connectivity index (χ3n) is 1.97. The van der Waals surface area contributed by atoms with Crippen LogP contribution in [0.4, 0.5) is 0 Å². The number of hydrogen-bond donors (Lipinski definition) is 1.